The van der Waals surface area contributed by atoms with Gasteiger partial charge < -0.3 is 9.84 Å². The second-order valence-corrected chi connectivity index (χ2v) is 6.52. The molecule has 0 radical (unpaired) electrons. The van der Waals surface area contributed by atoms with Gasteiger partial charge in [0.1, 0.15) is 16.2 Å². The Labute approximate surface area is 124 Å². The number of aromatic nitrogens is 2. The van der Waals surface area contributed by atoms with Crippen LogP contribution in [0.4, 0.5) is 5.13 Å². The zero-order valence-corrected chi connectivity index (χ0v) is 12.6. The summed E-state index contributed by atoms with van der Waals surface area (Å²) < 4.78 is 31.9. The first-order chi connectivity index (χ1) is 9.47. The van der Waals surface area contributed by atoms with Gasteiger partial charge in [-0.1, -0.05) is 22.9 Å². The van der Waals surface area contributed by atoms with Gasteiger partial charge in [-0.25, -0.2) is 8.42 Å². The van der Waals surface area contributed by atoms with Crippen LogP contribution in [-0.4, -0.2) is 30.8 Å². The van der Waals surface area contributed by atoms with Crippen LogP contribution in [0.2, 0.25) is 5.02 Å². The zero-order valence-electron chi connectivity index (χ0n) is 10.2. The van der Waals surface area contributed by atoms with Crippen molar-refractivity contribution >= 4 is 38.1 Å². The highest BCUT2D eigenvalue weighted by Crippen LogP contribution is 2.33. The van der Waals surface area contributed by atoms with Crippen molar-refractivity contribution < 1.29 is 18.3 Å². The van der Waals surface area contributed by atoms with Crippen LogP contribution in [0.5, 0.6) is 5.75 Å². The molecule has 0 saturated carbocycles. The summed E-state index contributed by atoms with van der Waals surface area (Å²) in [5, 5.41) is 16.7. The number of hydrogen-bond acceptors (Lipinski definition) is 7. The molecule has 0 amide bonds. The molecule has 20 heavy (non-hydrogen) atoms. The number of hydrogen-bond donors (Lipinski definition) is 2. The molecule has 0 unspecified atom stereocenters. The lowest BCUT2D eigenvalue weighted by Gasteiger charge is -2.13. The van der Waals surface area contributed by atoms with Gasteiger partial charge in [-0.05, 0) is 12.1 Å². The highest BCUT2D eigenvalue weighted by Gasteiger charge is 2.24. The van der Waals surface area contributed by atoms with Crippen molar-refractivity contribution in [3.8, 4) is 5.75 Å². The summed E-state index contributed by atoms with van der Waals surface area (Å²) in [6.07, 6.45) is 0. The molecule has 0 bridgehead atoms. The van der Waals surface area contributed by atoms with Crippen molar-refractivity contribution in [2.45, 2.75) is 11.5 Å². The lowest BCUT2D eigenvalue weighted by molar-refractivity contribution is 0.272. The van der Waals surface area contributed by atoms with Crippen LogP contribution < -0.4 is 9.46 Å². The Morgan fingerprint density at radius 1 is 1.50 bits per heavy atom. The topological polar surface area (TPSA) is 101 Å². The molecular weight excluding hydrogens is 326 g/mol. The van der Waals surface area contributed by atoms with Gasteiger partial charge >= 0.3 is 0 Å². The molecule has 0 atom stereocenters. The lowest BCUT2D eigenvalue weighted by atomic mass is 10.2. The Balaban J connectivity index is 2.53. The molecule has 0 aliphatic rings. The molecular formula is C10H10ClN3O4S2. The fourth-order valence-electron chi connectivity index (χ4n) is 1.56. The van der Waals surface area contributed by atoms with Crippen molar-refractivity contribution in [3.63, 3.8) is 0 Å². The third kappa shape index (κ3) is 3.01. The van der Waals surface area contributed by atoms with Gasteiger partial charge in [-0.15, -0.1) is 10.2 Å². The van der Waals surface area contributed by atoms with E-state index in [-0.39, 0.29) is 26.4 Å². The first-order valence-electron chi connectivity index (χ1n) is 5.24. The SMILES string of the molecule is COc1c(CO)cc(Cl)cc1S(=O)(=O)Nc1nncs1. The van der Waals surface area contributed by atoms with Gasteiger partial charge in [0, 0.05) is 10.6 Å². The molecule has 0 aliphatic carbocycles. The quantitative estimate of drug-likeness (QED) is 0.858. The minimum absolute atomic E-state index is 0.0360. The van der Waals surface area contributed by atoms with Crippen LogP contribution in [-0.2, 0) is 16.6 Å². The number of aliphatic hydroxyl groups is 1. The number of sulfonamides is 1. The van der Waals surface area contributed by atoms with E-state index < -0.39 is 16.6 Å². The molecule has 7 nitrogen and oxygen atoms in total. The lowest BCUT2D eigenvalue weighted by Crippen LogP contribution is -2.15. The molecule has 0 saturated heterocycles. The minimum Gasteiger partial charge on any atom is -0.495 e. The van der Waals surface area contributed by atoms with Gasteiger partial charge in [0.15, 0.2) is 0 Å². The van der Waals surface area contributed by atoms with E-state index >= 15 is 0 Å². The number of benzene rings is 1. The van der Waals surface area contributed by atoms with E-state index in [9.17, 15) is 13.5 Å². The molecule has 108 valence electrons. The summed E-state index contributed by atoms with van der Waals surface area (Å²) in [6, 6.07) is 2.67. The number of aliphatic hydroxyl groups excluding tert-OH is 1. The van der Waals surface area contributed by atoms with Crippen LogP contribution >= 0.6 is 22.9 Å². The Kier molecular flexibility index (Phi) is 4.43. The molecule has 0 spiro atoms. The van der Waals surface area contributed by atoms with Gasteiger partial charge in [0.25, 0.3) is 10.0 Å². The third-order valence-electron chi connectivity index (χ3n) is 2.34. The van der Waals surface area contributed by atoms with Crippen molar-refractivity contribution in [2.75, 3.05) is 11.8 Å². The van der Waals surface area contributed by atoms with E-state index in [2.05, 4.69) is 14.9 Å². The summed E-state index contributed by atoms with van der Waals surface area (Å²) in [5.41, 5.74) is 1.67. The molecule has 10 heteroatoms. The van der Waals surface area contributed by atoms with Crippen molar-refractivity contribution in [1.82, 2.24) is 10.2 Å². The van der Waals surface area contributed by atoms with E-state index in [0.29, 0.717) is 0 Å². The maximum absolute atomic E-state index is 12.3. The molecule has 2 aromatic rings. The number of anilines is 1. The van der Waals surface area contributed by atoms with Crippen molar-refractivity contribution in [3.05, 3.63) is 28.2 Å². The highest BCUT2D eigenvalue weighted by atomic mass is 35.5. The molecule has 1 heterocycles. The fourth-order valence-corrected chi connectivity index (χ4v) is 3.80. The number of methoxy groups -OCH3 is 1. The number of rotatable bonds is 5. The van der Waals surface area contributed by atoms with Crippen LogP contribution in [0.15, 0.2) is 22.5 Å². The summed E-state index contributed by atoms with van der Waals surface area (Å²) >= 11 is 6.90. The van der Waals surface area contributed by atoms with Crippen LogP contribution in [0.3, 0.4) is 0 Å². The van der Waals surface area contributed by atoms with Gasteiger partial charge in [-0.3, -0.25) is 4.72 Å². The summed E-state index contributed by atoms with van der Waals surface area (Å²) in [4.78, 5) is -0.174. The fraction of sp³-hybridized carbons (Fsp3) is 0.200. The molecule has 2 N–H and O–H groups in total. The normalized spacial score (nSPS) is 11.3. The zero-order chi connectivity index (χ0) is 14.8. The average Bonchev–Trinajstić information content (AvgIpc) is 2.89. The molecule has 2 rings (SSSR count). The first-order valence-corrected chi connectivity index (χ1v) is 7.98. The molecule has 0 aliphatic heterocycles. The number of nitrogens with zero attached hydrogens (tertiary/aromatic N) is 2. The second-order valence-electron chi connectivity index (χ2n) is 3.60. The smallest absolute Gasteiger partial charge is 0.267 e. The molecule has 1 aromatic carbocycles. The van der Waals surface area contributed by atoms with Crippen LogP contribution in [0, 0.1) is 0 Å². The van der Waals surface area contributed by atoms with Gasteiger partial charge in [0.05, 0.1) is 13.7 Å². The predicted octanol–water partition coefficient (Wildman–Crippen LogP) is 1.49. The maximum Gasteiger partial charge on any atom is 0.267 e. The third-order valence-corrected chi connectivity index (χ3v) is 4.64. The van der Waals surface area contributed by atoms with E-state index in [1.54, 1.807) is 0 Å². The van der Waals surface area contributed by atoms with Crippen molar-refractivity contribution in [1.29, 1.82) is 0 Å². The Morgan fingerprint density at radius 2 is 2.25 bits per heavy atom. The summed E-state index contributed by atoms with van der Waals surface area (Å²) in [6.45, 7) is -0.398. The Morgan fingerprint density at radius 3 is 2.80 bits per heavy atom. The van der Waals surface area contributed by atoms with E-state index in [1.807, 2.05) is 0 Å². The highest BCUT2D eigenvalue weighted by molar-refractivity contribution is 7.93. The summed E-state index contributed by atoms with van der Waals surface area (Å²) in [7, 11) is -2.63. The van der Waals surface area contributed by atoms with E-state index in [1.165, 1.54) is 24.8 Å². The predicted molar refractivity (Wildman–Crippen MR) is 74.6 cm³/mol. The van der Waals surface area contributed by atoms with Gasteiger partial charge in [-0.2, -0.15) is 0 Å². The Hall–Kier alpha value is -1.42. The van der Waals surface area contributed by atoms with Gasteiger partial charge in [0.2, 0.25) is 5.13 Å². The van der Waals surface area contributed by atoms with E-state index in [0.717, 1.165) is 11.3 Å². The largest absolute Gasteiger partial charge is 0.495 e. The number of halogens is 1. The molecule has 1 aromatic heterocycles. The molecule has 0 fully saturated rings. The second kappa shape index (κ2) is 5.92. The Bertz CT molecular complexity index is 704. The monoisotopic (exact) mass is 335 g/mol. The average molecular weight is 336 g/mol. The van der Waals surface area contributed by atoms with Crippen LogP contribution in [0.1, 0.15) is 5.56 Å². The number of nitrogens with one attached hydrogen (secondary N) is 1. The maximum atomic E-state index is 12.3. The number of ether oxygens (including phenoxy) is 1. The van der Waals surface area contributed by atoms with Crippen molar-refractivity contribution in [2.24, 2.45) is 0 Å². The minimum atomic E-state index is -3.94. The van der Waals surface area contributed by atoms with Crippen LogP contribution in [0.25, 0.3) is 0 Å². The summed E-state index contributed by atoms with van der Waals surface area (Å²) in [5.74, 6) is 0.0360. The first kappa shape index (κ1) is 15.0. The standard InChI is InChI=1S/C10H10ClN3O4S2/c1-18-9-6(4-15)2-7(11)3-8(9)20(16,17)14-10-13-12-5-19-10/h2-3,5,15H,4H2,1H3,(H,13,14). The van der Waals surface area contributed by atoms with E-state index in [4.69, 9.17) is 16.3 Å².